The van der Waals surface area contributed by atoms with Crippen LogP contribution in [0.2, 0.25) is 0 Å². The Hall–Kier alpha value is -3.49. The maximum Gasteiger partial charge on any atom is 0.269 e. The molecule has 0 saturated heterocycles. The minimum atomic E-state index is -0.393. The lowest BCUT2D eigenvalue weighted by Gasteiger charge is -2.10. The highest BCUT2D eigenvalue weighted by Crippen LogP contribution is 2.14. The van der Waals surface area contributed by atoms with E-state index in [0.717, 1.165) is 10.4 Å². The van der Waals surface area contributed by atoms with Crippen molar-refractivity contribution in [3.05, 3.63) is 94.2 Å². The smallest absolute Gasteiger partial charge is 0.269 e. The van der Waals surface area contributed by atoms with Gasteiger partial charge in [-0.2, -0.15) is 0 Å². The number of carbonyl (C=O) groups is 2. The van der Waals surface area contributed by atoms with E-state index in [1.54, 1.807) is 30.3 Å². The Morgan fingerprint density at radius 2 is 1.73 bits per heavy atom. The molecule has 3 rings (SSSR count). The predicted octanol–water partition coefficient (Wildman–Crippen LogP) is 3.68. The first-order valence-corrected chi connectivity index (χ1v) is 10.3. The second kappa shape index (κ2) is 10.9. The maximum absolute atomic E-state index is 12.2. The number of ether oxygens (including phenoxy) is 1. The largest absolute Gasteiger partial charge is 0.489 e. The van der Waals surface area contributed by atoms with Gasteiger partial charge in [0.15, 0.2) is 5.11 Å². The van der Waals surface area contributed by atoms with E-state index in [4.69, 9.17) is 17.0 Å². The summed E-state index contributed by atoms with van der Waals surface area (Å²) in [7, 11) is 0. The monoisotopic (exact) mass is 437 g/mol. The molecule has 30 heavy (non-hydrogen) atoms. The van der Waals surface area contributed by atoms with E-state index >= 15 is 0 Å². The van der Waals surface area contributed by atoms with Crippen molar-refractivity contribution in [2.75, 3.05) is 0 Å². The molecular formula is C22H19N3O3S2. The Morgan fingerprint density at radius 1 is 0.967 bits per heavy atom. The molecule has 152 valence electrons. The minimum Gasteiger partial charge on any atom is -0.489 e. The maximum atomic E-state index is 12.2. The van der Waals surface area contributed by atoms with Crippen LogP contribution in [0.1, 0.15) is 20.8 Å². The van der Waals surface area contributed by atoms with Gasteiger partial charge in [0.1, 0.15) is 12.4 Å². The lowest BCUT2D eigenvalue weighted by atomic mass is 10.2. The summed E-state index contributed by atoms with van der Waals surface area (Å²) in [6.45, 7) is 0.447. The van der Waals surface area contributed by atoms with Gasteiger partial charge in [0, 0.05) is 16.5 Å². The number of amides is 2. The number of hydrogen-bond donors (Lipinski definition) is 3. The SMILES string of the molecule is O=C(/C=C/c1cccs1)NC(=S)NNC(=O)c1ccc(OCc2ccccc2)cc1. The van der Waals surface area contributed by atoms with Crippen LogP contribution in [0.3, 0.4) is 0 Å². The van der Waals surface area contributed by atoms with E-state index < -0.39 is 11.8 Å². The summed E-state index contributed by atoms with van der Waals surface area (Å²) < 4.78 is 5.70. The lowest BCUT2D eigenvalue weighted by Crippen LogP contribution is -2.48. The molecule has 0 atom stereocenters. The third kappa shape index (κ3) is 6.84. The summed E-state index contributed by atoms with van der Waals surface area (Å²) in [6.07, 6.45) is 3.05. The van der Waals surface area contributed by atoms with Gasteiger partial charge in [-0.1, -0.05) is 36.4 Å². The van der Waals surface area contributed by atoms with Crippen LogP contribution in [0, 0.1) is 0 Å². The highest BCUT2D eigenvalue weighted by atomic mass is 32.1. The lowest BCUT2D eigenvalue weighted by molar-refractivity contribution is -0.115. The fraction of sp³-hybridized carbons (Fsp3) is 0.0455. The van der Waals surface area contributed by atoms with E-state index in [0.29, 0.717) is 17.9 Å². The summed E-state index contributed by atoms with van der Waals surface area (Å²) >= 11 is 6.52. The average Bonchev–Trinajstić information content (AvgIpc) is 3.29. The first kappa shape index (κ1) is 21.2. The molecule has 3 N–H and O–H groups in total. The van der Waals surface area contributed by atoms with Gasteiger partial charge in [0.2, 0.25) is 5.91 Å². The van der Waals surface area contributed by atoms with Crippen molar-refractivity contribution in [2.45, 2.75) is 6.61 Å². The van der Waals surface area contributed by atoms with Gasteiger partial charge >= 0.3 is 0 Å². The molecule has 1 heterocycles. The first-order chi connectivity index (χ1) is 14.6. The van der Waals surface area contributed by atoms with Crippen molar-refractivity contribution < 1.29 is 14.3 Å². The number of nitrogens with one attached hydrogen (secondary N) is 3. The van der Waals surface area contributed by atoms with Crippen molar-refractivity contribution >= 4 is 46.6 Å². The van der Waals surface area contributed by atoms with Gasteiger partial charge in [-0.3, -0.25) is 25.8 Å². The molecule has 0 saturated carbocycles. The highest BCUT2D eigenvalue weighted by molar-refractivity contribution is 7.80. The van der Waals surface area contributed by atoms with Crippen molar-refractivity contribution in [2.24, 2.45) is 0 Å². The molecule has 2 amide bonds. The molecule has 0 aliphatic heterocycles. The number of rotatable bonds is 6. The van der Waals surface area contributed by atoms with E-state index in [2.05, 4.69) is 16.2 Å². The van der Waals surface area contributed by atoms with Crippen LogP contribution in [-0.4, -0.2) is 16.9 Å². The van der Waals surface area contributed by atoms with Crippen molar-refractivity contribution in [3.63, 3.8) is 0 Å². The Bertz CT molecular complexity index is 1020. The summed E-state index contributed by atoms with van der Waals surface area (Å²) in [6, 6.07) is 20.3. The summed E-state index contributed by atoms with van der Waals surface area (Å²) in [4.78, 5) is 25.0. The fourth-order valence-electron chi connectivity index (χ4n) is 2.36. The van der Waals surface area contributed by atoms with Crippen LogP contribution in [-0.2, 0) is 11.4 Å². The Morgan fingerprint density at radius 3 is 2.43 bits per heavy atom. The van der Waals surface area contributed by atoms with Crippen LogP contribution in [0.5, 0.6) is 5.75 Å². The van der Waals surface area contributed by atoms with Crippen LogP contribution < -0.4 is 20.9 Å². The topological polar surface area (TPSA) is 79.5 Å². The van der Waals surface area contributed by atoms with Crippen LogP contribution >= 0.6 is 23.6 Å². The highest BCUT2D eigenvalue weighted by Gasteiger charge is 2.07. The zero-order valence-corrected chi connectivity index (χ0v) is 17.5. The molecule has 2 aromatic carbocycles. The molecule has 0 aliphatic rings. The summed E-state index contributed by atoms with van der Waals surface area (Å²) in [5.41, 5.74) is 6.42. The molecule has 3 aromatic rings. The van der Waals surface area contributed by atoms with Crippen LogP contribution in [0.25, 0.3) is 6.08 Å². The molecule has 0 unspecified atom stereocenters. The van der Waals surface area contributed by atoms with Gasteiger partial charge < -0.3 is 4.74 Å². The second-order valence-corrected chi connectivity index (χ2v) is 7.43. The number of hydrazine groups is 1. The van der Waals surface area contributed by atoms with E-state index in [9.17, 15) is 9.59 Å². The molecule has 0 aliphatic carbocycles. The van der Waals surface area contributed by atoms with E-state index in [1.165, 1.54) is 17.4 Å². The normalized spacial score (nSPS) is 10.4. The number of hydrogen-bond acceptors (Lipinski definition) is 5. The van der Waals surface area contributed by atoms with Crippen molar-refractivity contribution in [3.8, 4) is 5.75 Å². The molecule has 0 bridgehead atoms. The fourth-order valence-corrected chi connectivity index (χ4v) is 3.13. The number of benzene rings is 2. The summed E-state index contributed by atoms with van der Waals surface area (Å²) in [5, 5.41) is 4.37. The third-order valence-corrected chi connectivity index (χ3v) is 4.87. The van der Waals surface area contributed by atoms with Gasteiger partial charge in [0.05, 0.1) is 0 Å². The van der Waals surface area contributed by atoms with Crippen LogP contribution in [0.15, 0.2) is 78.2 Å². The van der Waals surface area contributed by atoms with Crippen molar-refractivity contribution in [1.29, 1.82) is 0 Å². The Kier molecular flexibility index (Phi) is 7.71. The quantitative estimate of drug-likeness (QED) is 0.312. The zero-order valence-electron chi connectivity index (χ0n) is 15.8. The molecule has 1 aromatic heterocycles. The van der Waals surface area contributed by atoms with Gasteiger partial charge in [-0.15, -0.1) is 11.3 Å². The minimum absolute atomic E-state index is 0.00741. The molecule has 0 fully saturated rings. The standard InChI is InChI=1S/C22H19N3O3S2/c26-20(13-12-19-7-4-14-30-19)23-22(29)25-24-21(27)17-8-10-18(11-9-17)28-15-16-5-2-1-3-6-16/h1-14H,15H2,(H,24,27)(H2,23,25,26,29)/b13-12+. The number of thiophene rings is 1. The average molecular weight is 438 g/mol. The Labute approximate surface area is 183 Å². The molecule has 0 radical (unpaired) electrons. The summed E-state index contributed by atoms with van der Waals surface area (Å²) in [5.74, 6) is -0.130. The number of thiocarbonyl (C=S) groups is 1. The molecule has 0 spiro atoms. The van der Waals surface area contributed by atoms with Crippen molar-refractivity contribution in [1.82, 2.24) is 16.2 Å². The first-order valence-electron chi connectivity index (χ1n) is 9.00. The van der Waals surface area contributed by atoms with E-state index in [-0.39, 0.29) is 5.11 Å². The molecule has 6 nitrogen and oxygen atoms in total. The van der Waals surface area contributed by atoms with Gasteiger partial charge in [0.25, 0.3) is 5.91 Å². The van der Waals surface area contributed by atoms with Gasteiger partial charge in [-0.05, 0) is 59.6 Å². The Balaban J connectivity index is 1.41. The van der Waals surface area contributed by atoms with Gasteiger partial charge in [-0.25, -0.2) is 0 Å². The number of carbonyl (C=O) groups excluding carboxylic acids is 2. The second-order valence-electron chi connectivity index (χ2n) is 6.04. The van der Waals surface area contributed by atoms with Crippen LogP contribution in [0.4, 0.5) is 0 Å². The predicted molar refractivity (Wildman–Crippen MR) is 122 cm³/mol. The zero-order chi connectivity index (χ0) is 21.2. The third-order valence-electron chi connectivity index (χ3n) is 3.83. The van der Waals surface area contributed by atoms with E-state index in [1.807, 2.05) is 47.8 Å². The molecule has 8 heteroatoms. The molecular weight excluding hydrogens is 418 g/mol.